The Labute approximate surface area is 130 Å². The highest BCUT2D eigenvalue weighted by atomic mass is 16.5. The van der Waals surface area contributed by atoms with E-state index in [0.29, 0.717) is 18.9 Å². The smallest absolute Gasteiger partial charge is 0.260 e. The summed E-state index contributed by atoms with van der Waals surface area (Å²) in [7, 11) is 0. The lowest BCUT2D eigenvalue weighted by Gasteiger charge is -2.16. The zero-order valence-corrected chi connectivity index (χ0v) is 12.5. The van der Waals surface area contributed by atoms with Crippen LogP contribution in [0.4, 0.5) is 0 Å². The molecular weight excluding hydrogens is 278 g/mol. The number of amides is 1. The highest BCUT2D eigenvalue weighted by molar-refractivity contribution is 5.80. The Kier molecular flexibility index (Phi) is 4.28. The molecule has 4 nitrogen and oxygen atoms in total. The highest BCUT2D eigenvalue weighted by Gasteiger charge is 2.25. The Hall–Kier alpha value is -2.49. The molecule has 4 heteroatoms. The van der Waals surface area contributed by atoms with Crippen molar-refractivity contribution >= 4 is 5.91 Å². The average molecular weight is 297 g/mol. The van der Waals surface area contributed by atoms with E-state index in [4.69, 9.17) is 9.47 Å². The topological polar surface area (TPSA) is 47.6 Å². The minimum absolute atomic E-state index is 0.117. The van der Waals surface area contributed by atoms with E-state index in [1.54, 1.807) is 6.92 Å². The quantitative estimate of drug-likeness (QED) is 0.923. The maximum Gasteiger partial charge on any atom is 0.260 e. The van der Waals surface area contributed by atoms with Crippen LogP contribution < -0.4 is 14.8 Å². The van der Waals surface area contributed by atoms with Crippen molar-refractivity contribution in [2.75, 3.05) is 13.2 Å². The Morgan fingerprint density at radius 2 is 1.95 bits per heavy atom. The number of carbonyl (C=O) groups excluding carboxylic acids is 1. The summed E-state index contributed by atoms with van der Waals surface area (Å²) < 4.78 is 11.2. The van der Waals surface area contributed by atoms with Gasteiger partial charge in [-0.25, -0.2) is 0 Å². The van der Waals surface area contributed by atoms with Crippen LogP contribution in [-0.2, 0) is 4.79 Å². The molecule has 0 saturated carbocycles. The van der Waals surface area contributed by atoms with Crippen molar-refractivity contribution in [3.8, 4) is 11.5 Å². The number of nitrogens with one attached hydrogen (secondary N) is 1. The first-order valence-electron chi connectivity index (χ1n) is 7.45. The van der Waals surface area contributed by atoms with E-state index in [0.717, 1.165) is 11.3 Å². The fourth-order valence-corrected chi connectivity index (χ4v) is 2.52. The molecule has 0 radical (unpaired) electrons. The molecule has 0 spiro atoms. The second-order valence-corrected chi connectivity index (χ2v) is 5.36. The SMILES string of the molecule is C[C@H](Oc1ccccc1)C(=O)NC[C@@H]1COc2ccccc21. The van der Waals surface area contributed by atoms with Gasteiger partial charge in [-0.15, -0.1) is 0 Å². The third-order valence-corrected chi connectivity index (χ3v) is 3.75. The van der Waals surface area contributed by atoms with Crippen LogP contribution in [0.5, 0.6) is 11.5 Å². The second-order valence-electron chi connectivity index (χ2n) is 5.36. The number of hydrogen-bond donors (Lipinski definition) is 1. The molecule has 2 aromatic carbocycles. The molecule has 1 aliphatic heterocycles. The number of carbonyl (C=O) groups is 1. The van der Waals surface area contributed by atoms with E-state index in [1.807, 2.05) is 54.6 Å². The molecule has 1 amide bonds. The summed E-state index contributed by atoms with van der Waals surface area (Å²) in [4.78, 5) is 12.1. The molecule has 0 bridgehead atoms. The van der Waals surface area contributed by atoms with Crippen molar-refractivity contribution in [1.82, 2.24) is 5.32 Å². The second kappa shape index (κ2) is 6.52. The van der Waals surface area contributed by atoms with Gasteiger partial charge in [-0.05, 0) is 25.1 Å². The molecule has 2 aromatic rings. The Bertz CT molecular complexity index is 642. The summed E-state index contributed by atoms with van der Waals surface area (Å²) in [5.74, 6) is 1.69. The maximum absolute atomic E-state index is 12.1. The van der Waals surface area contributed by atoms with Crippen molar-refractivity contribution in [3.05, 3.63) is 60.2 Å². The minimum atomic E-state index is -0.528. The van der Waals surface area contributed by atoms with E-state index in [2.05, 4.69) is 5.32 Å². The fourth-order valence-electron chi connectivity index (χ4n) is 2.52. The molecule has 0 fully saturated rings. The Morgan fingerprint density at radius 3 is 2.77 bits per heavy atom. The summed E-state index contributed by atoms with van der Waals surface area (Å²) in [6.07, 6.45) is -0.528. The Morgan fingerprint density at radius 1 is 1.23 bits per heavy atom. The lowest BCUT2D eigenvalue weighted by molar-refractivity contribution is -0.127. The normalized spacial score (nSPS) is 17.2. The predicted octanol–water partition coefficient (Wildman–Crippen LogP) is 2.75. The van der Waals surface area contributed by atoms with Crippen LogP contribution in [0.1, 0.15) is 18.4 Å². The zero-order valence-electron chi connectivity index (χ0n) is 12.5. The number of ether oxygens (including phenoxy) is 2. The third kappa shape index (κ3) is 3.22. The van der Waals surface area contributed by atoms with Gasteiger partial charge >= 0.3 is 0 Å². The van der Waals surface area contributed by atoms with Crippen LogP contribution in [0.15, 0.2) is 54.6 Å². The van der Waals surface area contributed by atoms with E-state index in [-0.39, 0.29) is 11.8 Å². The molecule has 1 N–H and O–H groups in total. The zero-order chi connectivity index (χ0) is 15.4. The number of benzene rings is 2. The standard InChI is InChI=1S/C18H19NO3/c1-13(22-15-7-3-2-4-8-15)18(20)19-11-14-12-21-17-10-6-5-9-16(14)17/h2-10,13-14H,11-12H2,1H3,(H,19,20)/t13-,14+/m0/s1. The van der Waals surface area contributed by atoms with Crippen LogP contribution in [0, 0.1) is 0 Å². The molecule has 0 aliphatic carbocycles. The molecule has 0 aromatic heterocycles. The van der Waals surface area contributed by atoms with E-state index in [1.165, 1.54) is 0 Å². The number of para-hydroxylation sites is 2. The molecule has 1 heterocycles. The maximum atomic E-state index is 12.1. The van der Waals surface area contributed by atoms with Crippen molar-refractivity contribution < 1.29 is 14.3 Å². The molecular formula is C18H19NO3. The molecule has 2 atom stereocenters. The monoisotopic (exact) mass is 297 g/mol. The van der Waals surface area contributed by atoms with Crippen molar-refractivity contribution in [1.29, 1.82) is 0 Å². The van der Waals surface area contributed by atoms with Gasteiger partial charge in [0.2, 0.25) is 0 Å². The van der Waals surface area contributed by atoms with Gasteiger partial charge in [0.15, 0.2) is 6.10 Å². The van der Waals surface area contributed by atoms with E-state index in [9.17, 15) is 4.79 Å². The first-order valence-corrected chi connectivity index (χ1v) is 7.45. The first kappa shape index (κ1) is 14.4. The van der Waals surface area contributed by atoms with Gasteiger partial charge in [-0.2, -0.15) is 0 Å². The summed E-state index contributed by atoms with van der Waals surface area (Å²) in [5.41, 5.74) is 1.15. The van der Waals surface area contributed by atoms with E-state index >= 15 is 0 Å². The Balaban J connectivity index is 1.52. The molecule has 0 saturated heterocycles. The van der Waals surface area contributed by atoms with Gasteiger partial charge in [0, 0.05) is 18.0 Å². The van der Waals surface area contributed by atoms with Crippen LogP contribution >= 0.6 is 0 Å². The minimum Gasteiger partial charge on any atom is -0.493 e. The first-order chi connectivity index (χ1) is 10.7. The third-order valence-electron chi connectivity index (χ3n) is 3.75. The van der Waals surface area contributed by atoms with Crippen molar-refractivity contribution in [2.45, 2.75) is 18.9 Å². The van der Waals surface area contributed by atoms with E-state index < -0.39 is 6.10 Å². The van der Waals surface area contributed by atoms with Gasteiger partial charge in [0.1, 0.15) is 11.5 Å². The predicted molar refractivity (Wildman–Crippen MR) is 84.2 cm³/mol. The lowest BCUT2D eigenvalue weighted by Crippen LogP contribution is -2.38. The summed E-state index contributed by atoms with van der Waals surface area (Å²) in [6.45, 7) is 2.91. The number of rotatable bonds is 5. The molecule has 114 valence electrons. The average Bonchev–Trinajstić information content (AvgIpc) is 2.97. The van der Waals surface area contributed by atoms with Gasteiger partial charge in [-0.3, -0.25) is 4.79 Å². The van der Waals surface area contributed by atoms with Crippen molar-refractivity contribution in [2.24, 2.45) is 0 Å². The van der Waals surface area contributed by atoms with Crippen LogP contribution in [-0.4, -0.2) is 25.2 Å². The summed E-state index contributed by atoms with van der Waals surface area (Å²) in [6, 6.07) is 17.3. The summed E-state index contributed by atoms with van der Waals surface area (Å²) >= 11 is 0. The molecule has 3 rings (SSSR count). The van der Waals surface area contributed by atoms with Crippen LogP contribution in [0.3, 0.4) is 0 Å². The summed E-state index contributed by atoms with van der Waals surface area (Å²) in [5, 5.41) is 2.94. The fraction of sp³-hybridized carbons (Fsp3) is 0.278. The van der Waals surface area contributed by atoms with Crippen LogP contribution in [0.25, 0.3) is 0 Å². The van der Waals surface area contributed by atoms with Gasteiger partial charge < -0.3 is 14.8 Å². The lowest BCUT2D eigenvalue weighted by atomic mass is 10.0. The van der Waals surface area contributed by atoms with Gasteiger partial charge in [-0.1, -0.05) is 36.4 Å². The van der Waals surface area contributed by atoms with Gasteiger partial charge in [0.25, 0.3) is 5.91 Å². The molecule has 1 aliphatic rings. The number of fused-ring (bicyclic) bond motifs is 1. The molecule has 0 unspecified atom stereocenters. The van der Waals surface area contributed by atoms with Crippen molar-refractivity contribution in [3.63, 3.8) is 0 Å². The number of hydrogen-bond acceptors (Lipinski definition) is 3. The largest absolute Gasteiger partial charge is 0.493 e. The highest BCUT2D eigenvalue weighted by Crippen LogP contribution is 2.32. The van der Waals surface area contributed by atoms with Gasteiger partial charge in [0.05, 0.1) is 6.61 Å². The molecule has 22 heavy (non-hydrogen) atoms. The van der Waals surface area contributed by atoms with Crippen LogP contribution in [0.2, 0.25) is 0 Å².